The maximum atomic E-state index is 12.3. The largest absolute Gasteiger partial charge is 0.377 e. The molecule has 0 aliphatic rings. The number of benzene rings is 1. The third-order valence-corrected chi connectivity index (χ3v) is 4.51. The van der Waals surface area contributed by atoms with Gasteiger partial charge in [-0.15, -0.1) is 0 Å². The summed E-state index contributed by atoms with van der Waals surface area (Å²) in [6, 6.07) is 7.47. The molecular weight excluding hydrogens is 316 g/mol. The Morgan fingerprint density at radius 3 is 2.64 bits per heavy atom. The van der Waals surface area contributed by atoms with Crippen LogP contribution in [-0.4, -0.2) is 29.0 Å². The number of nitrogens with zero attached hydrogens (tertiary/aromatic N) is 2. The summed E-state index contributed by atoms with van der Waals surface area (Å²) >= 11 is 0. The zero-order valence-electron chi connectivity index (χ0n) is 15.9. The van der Waals surface area contributed by atoms with Gasteiger partial charge in [0.05, 0.1) is 11.8 Å². The van der Waals surface area contributed by atoms with Crippen molar-refractivity contribution in [1.82, 2.24) is 15.1 Å². The molecule has 1 heterocycles. The second-order valence-electron chi connectivity index (χ2n) is 6.48. The second-order valence-corrected chi connectivity index (χ2v) is 6.48. The van der Waals surface area contributed by atoms with Crippen LogP contribution >= 0.6 is 0 Å². The molecule has 6 nitrogen and oxygen atoms in total. The van der Waals surface area contributed by atoms with Crippen LogP contribution < -0.4 is 10.6 Å². The molecule has 0 saturated heterocycles. The highest BCUT2D eigenvalue weighted by Gasteiger charge is 2.15. The summed E-state index contributed by atoms with van der Waals surface area (Å²) in [7, 11) is 3.60. The molecule has 25 heavy (non-hydrogen) atoms. The minimum absolute atomic E-state index is 0.00248. The van der Waals surface area contributed by atoms with Crippen molar-refractivity contribution in [2.45, 2.75) is 46.3 Å². The molecule has 2 rings (SSSR count). The van der Waals surface area contributed by atoms with E-state index >= 15 is 0 Å². The fourth-order valence-electron chi connectivity index (χ4n) is 2.87. The third-order valence-electron chi connectivity index (χ3n) is 4.51. The Hall–Kier alpha value is -2.34. The van der Waals surface area contributed by atoms with E-state index in [4.69, 9.17) is 4.74 Å². The van der Waals surface area contributed by atoms with Gasteiger partial charge in [0.25, 0.3) is 0 Å². The van der Waals surface area contributed by atoms with Gasteiger partial charge in [0.1, 0.15) is 0 Å². The average Bonchev–Trinajstić information content (AvgIpc) is 2.80. The van der Waals surface area contributed by atoms with E-state index in [1.54, 1.807) is 7.11 Å². The maximum absolute atomic E-state index is 12.3. The highest BCUT2D eigenvalue weighted by Crippen LogP contribution is 2.19. The fraction of sp³-hybridized carbons (Fsp3) is 0.474. The normalized spacial score (nSPS) is 13.4. The monoisotopic (exact) mass is 344 g/mol. The first kappa shape index (κ1) is 19.0. The van der Waals surface area contributed by atoms with Crippen molar-refractivity contribution in [2.24, 2.45) is 7.05 Å². The zero-order chi connectivity index (χ0) is 18.6. The van der Waals surface area contributed by atoms with Crippen LogP contribution in [0.25, 0.3) is 0 Å². The van der Waals surface area contributed by atoms with Crippen LogP contribution in [0, 0.1) is 13.8 Å². The molecule has 0 aliphatic carbocycles. The number of amides is 2. The lowest BCUT2D eigenvalue weighted by atomic mass is 10.1. The number of aromatic nitrogens is 2. The Morgan fingerprint density at radius 1 is 1.32 bits per heavy atom. The number of hydrogen-bond acceptors (Lipinski definition) is 3. The maximum Gasteiger partial charge on any atom is 0.319 e. The molecule has 1 aromatic heterocycles. The quantitative estimate of drug-likeness (QED) is 0.843. The van der Waals surface area contributed by atoms with Crippen LogP contribution in [0.4, 0.5) is 10.5 Å². The molecule has 2 aromatic rings. The molecule has 0 aliphatic heterocycles. The van der Waals surface area contributed by atoms with E-state index in [1.807, 2.05) is 63.7 Å². The lowest BCUT2D eigenvalue weighted by molar-refractivity contribution is 0.119. The molecule has 6 heteroatoms. The van der Waals surface area contributed by atoms with Crippen LogP contribution in [0.5, 0.6) is 0 Å². The Balaban J connectivity index is 1.95. The van der Waals surface area contributed by atoms with Gasteiger partial charge in [-0.2, -0.15) is 5.10 Å². The van der Waals surface area contributed by atoms with E-state index in [-0.39, 0.29) is 18.2 Å². The van der Waals surface area contributed by atoms with E-state index < -0.39 is 0 Å². The Kier molecular flexibility index (Phi) is 6.20. The van der Waals surface area contributed by atoms with E-state index in [9.17, 15) is 4.79 Å². The van der Waals surface area contributed by atoms with Crippen molar-refractivity contribution in [3.05, 3.63) is 46.8 Å². The SMILES string of the molecule is CO[C@H](C)c1cccc(NC(=O)N[C@H](C)Cc2c(C)nn(C)c2C)c1. The summed E-state index contributed by atoms with van der Waals surface area (Å²) in [6.07, 6.45) is 0.736. The summed E-state index contributed by atoms with van der Waals surface area (Å²) < 4.78 is 7.19. The van der Waals surface area contributed by atoms with Gasteiger partial charge in [0.2, 0.25) is 0 Å². The lowest BCUT2D eigenvalue weighted by Crippen LogP contribution is -2.37. The van der Waals surface area contributed by atoms with Gasteiger partial charge in [-0.05, 0) is 57.4 Å². The minimum atomic E-state index is -0.214. The lowest BCUT2D eigenvalue weighted by Gasteiger charge is -2.16. The first-order chi connectivity index (χ1) is 11.8. The molecule has 0 bridgehead atoms. The van der Waals surface area contributed by atoms with Crippen molar-refractivity contribution in [2.75, 3.05) is 12.4 Å². The van der Waals surface area contributed by atoms with Crippen molar-refractivity contribution in [3.63, 3.8) is 0 Å². The van der Waals surface area contributed by atoms with Gasteiger partial charge in [-0.1, -0.05) is 12.1 Å². The number of carbonyl (C=O) groups is 1. The molecule has 0 radical (unpaired) electrons. The van der Waals surface area contributed by atoms with Crippen molar-refractivity contribution in [1.29, 1.82) is 0 Å². The average molecular weight is 344 g/mol. The van der Waals surface area contributed by atoms with Crippen LogP contribution in [0.1, 0.15) is 42.5 Å². The first-order valence-electron chi connectivity index (χ1n) is 8.51. The molecule has 0 unspecified atom stereocenters. The Labute approximate surface area is 149 Å². The topological polar surface area (TPSA) is 68.2 Å². The Morgan fingerprint density at radius 2 is 2.04 bits per heavy atom. The molecule has 0 spiro atoms. The van der Waals surface area contributed by atoms with E-state index in [0.29, 0.717) is 0 Å². The summed E-state index contributed by atoms with van der Waals surface area (Å²) in [5.41, 5.74) is 5.10. The molecule has 1 aromatic carbocycles. The summed E-state index contributed by atoms with van der Waals surface area (Å²) in [6.45, 7) is 8.01. The van der Waals surface area contributed by atoms with E-state index in [0.717, 1.165) is 29.1 Å². The Bertz CT molecular complexity index is 739. The highest BCUT2D eigenvalue weighted by molar-refractivity contribution is 5.89. The molecule has 2 N–H and O–H groups in total. The summed E-state index contributed by atoms with van der Waals surface area (Å²) in [4.78, 5) is 12.3. The summed E-state index contributed by atoms with van der Waals surface area (Å²) in [5, 5.41) is 10.3. The first-order valence-corrected chi connectivity index (χ1v) is 8.51. The molecule has 0 fully saturated rings. The van der Waals surface area contributed by atoms with Gasteiger partial charge in [-0.25, -0.2) is 4.79 Å². The predicted octanol–water partition coefficient (Wildman–Crippen LogP) is 3.50. The van der Waals surface area contributed by atoms with Crippen LogP contribution in [0.3, 0.4) is 0 Å². The number of rotatable bonds is 6. The van der Waals surface area contributed by atoms with E-state index in [2.05, 4.69) is 15.7 Å². The minimum Gasteiger partial charge on any atom is -0.377 e. The number of anilines is 1. The number of methoxy groups -OCH3 is 1. The van der Waals surface area contributed by atoms with Crippen LogP contribution in [0.2, 0.25) is 0 Å². The van der Waals surface area contributed by atoms with Gasteiger partial charge < -0.3 is 15.4 Å². The van der Waals surface area contributed by atoms with Crippen LogP contribution in [-0.2, 0) is 18.2 Å². The summed E-state index contributed by atoms with van der Waals surface area (Å²) in [5.74, 6) is 0. The number of carbonyl (C=O) groups excluding carboxylic acids is 1. The van der Waals surface area contributed by atoms with Gasteiger partial charge in [0.15, 0.2) is 0 Å². The molecule has 0 saturated carbocycles. The van der Waals surface area contributed by atoms with Crippen LogP contribution in [0.15, 0.2) is 24.3 Å². The molecular formula is C19H28N4O2. The molecule has 136 valence electrons. The smallest absolute Gasteiger partial charge is 0.319 e. The van der Waals surface area contributed by atoms with E-state index in [1.165, 1.54) is 5.56 Å². The van der Waals surface area contributed by atoms with Gasteiger partial charge in [0, 0.05) is 31.6 Å². The molecule has 2 atom stereocenters. The van der Waals surface area contributed by atoms with Gasteiger partial charge in [-0.3, -0.25) is 4.68 Å². The number of ether oxygens (including phenoxy) is 1. The standard InChI is InChI=1S/C19H28N4O2/c1-12(10-18-13(2)22-23(5)14(18)3)20-19(24)21-17-9-7-8-16(11-17)15(4)25-6/h7-9,11-12,15H,10H2,1-6H3,(H2,20,21,24)/t12-,15-/m1/s1. The van der Waals surface area contributed by atoms with Gasteiger partial charge >= 0.3 is 6.03 Å². The second kappa shape index (κ2) is 8.16. The third kappa shape index (κ3) is 4.82. The zero-order valence-corrected chi connectivity index (χ0v) is 15.9. The number of urea groups is 1. The fourth-order valence-corrected chi connectivity index (χ4v) is 2.87. The van der Waals surface area contributed by atoms with Crippen molar-refractivity contribution >= 4 is 11.7 Å². The van der Waals surface area contributed by atoms with Crippen molar-refractivity contribution < 1.29 is 9.53 Å². The van der Waals surface area contributed by atoms with Crippen molar-refractivity contribution in [3.8, 4) is 0 Å². The molecule has 2 amide bonds. The number of nitrogens with one attached hydrogen (secondary N) is 2. The number of hydrogen-bond donors (Lipinski definition) is 2. The number of aryl methyl sites for hydroxylation is 2. The highest BCUT2D eigenvalue weighted by atomic mass is 16.5. The predicted molar refractivity (Wildman–Crippen MR) is 99.9 cm³/mol.